The highest BCUT2D eigenvalue weighted by Gasteiger charge is 2.34. The Morgan fingerprint density at radius 1 is 0.778 bits per heavy atom. The molecule has 0 fully saturated rings. The number of imidazole rings is 2. The maximum Gasteiger partial charge on any atom is 0.459 e. The van der Waals surface area contributed by atoms with Gasteiger partial charge in [0.2, 0.25) is 23.7 Å². The van der Waals surface area contributed by atoms with Gasteiger partial charge in [0.1, 0.15) is 17.8 Å². The molecule has 24 nitrogen and oxygen atoms in total. The topological polar surface area (TPSA) is 327 Å². The molecule has 8 N–H and O–H groups in total. The van der Waals surface area contributed by atoms with Crippen LogP contribution >= 0.6 is 15.5 Å². The van der Waals surface area contributed by atoms with Gasteiger partial charge >= 0.3 is 27.4 Å². The molecule has 0 bridgehead atoms. The predicted molar refractivity (Wildman–Crippen MR) is 226 cm³/mol. The molecule has 0 saturated carbocycles. The lowest BCUT2D eigenvalue weighted by Gasteiger charge is -2.23. The Hall–Kier alpha value is -6.00. The number of rotatable bonds is 18. The third-order valence-corrected chi connectivity index (χ3v) is 12.6. The van der Waals surface area contributed by atoms with E-state index < -0.39 is 39.5 Å². The number of methoxy groups -OCH3 is 3. The van der Waals surface area contributed by atoms with Crippen LogP contribution in [0.5, 0.6) is 17.5 Å². The Bertz CT molecular complexity index is 2570. The fourth-order valence-electron chi connectivity index (χ4n) is 6.65. The van der Waals surface area contributed by atoms with Crippen LogP contribution in [0.4, 0.5) is 11.9 Å². The van der Waals surface area contributed by atoms with Gasteiger partial charge in [0, 0.05) is 11.8 Å². The van der Waals surface area contributed by atoms with Crippen molar-refractivity contribution in [3.8, 4) is 17.5 Å². The van der Waals surface area contributed by atoms with Crippen LogP contribution in [0.1, 0.15) is 38.8 Å². The first-order chi connectivity index (χ1) is 30.0. The summed E-state index contributed by atoms with van der Waals surface area (Å²) in [7, 11) is -3.93. The number of hydrogen-bond donors (Lipinski definition) is 6. The van der Waals surface area contributed by atoms with Crippen molar-refractivity contribution in [1.29, 1.82) is 0 Å². The summed E-state index contributed by atoms with van der Waals surface area (Å²) < 4.78 is 60.8. The lowest BCUT2D eigenvalue weighted by molar-refractivity contribution is -0.142. The Morgan fingerprint density at radius 3 is 1.76 bits per heavy atom. The van der Waals surface area contributed by atoms with Crippen LogP contribution in [0.25, 0.3) is 22.3 Å². The van der Waals surface area contributed by atoms with Crippen molar-refractivity contribution in [3.63, 3.8) is 0 Å². The molecule has 2 aliphatic carbocycles. The van der Waals surface area contributed by atoms with Crippen LogP contribution < -0.4 is 35.6 Å². The highest BCUT2D eigenvalue weighted by Crippen LogP contribution is 2.46. The van der Waals surface area contributed by atoms with E-state index in [1.807, 2.05) is 33.4 Å². The zero-order valence-corrected chi connectivity index (χ0v) is 36.5. The molecule has 338 valence electrons. The number of fused-ring (bicyclic) bond motifs is 2. The fourth-order valence-corrected chi connectivity index (χ4v) is 9.27. The Morgan fingerprint density at radius 2 is 1.29 bits per heavy atom. The number of ether oxygens (including phenoxy) is 3. The number of hydrogen-bond acceptors (Lipinski definition) is 18. The first-order valence-corrected chi connectivity index (χ1v) is 22.4. The first-order valence-electron chi connectivity index (χ1n) is 19.3. The number of esters is 1. The minimum atomic E-state index is -4.23. The number of carbonyl (C=O) groups is 2. The van der Waals surface area contributed by atoms with Gasteiger partial charge in [-0.2, -0.15) is 25.0 Å². The minimum Gasteiger partial charge on any atom is -0.480 e. The molecule has 2 aliphatic rings. The largest absolute Gasteiger partial charge is 0.480 e. The molecular weight excluding hydrogens is 866 g/mol. The molecule has 2 unspecified atom stereocenters. The maximum atomic E-state index is 13.5. The monoisotopic (exact) mass is 914 g/mol. The van der Waals surface area contributed by atoms with E-state index in [2.05, 4.69) is 40.1 Å². The van der Waals surface area contributed by atoms with Gasteiger partial charge in [-0.05, 0) is 38.8 Å². The van der Waals surface area contributed by atoms with Gasteiger partial charge in [-0.1, -0.05) is 42.5 Å². The van der Waals surface area contributed by atoms with Crippen molar-refractivity contribution in [2.24, 2.45) is 11.8 Å². The van der Waals surface area contributed by atoms with Gasteiger partial charge in [0.15, 0.2) is 22.3 Å². The number of allylic oxidation sites excluding steroid dienone is 2. The summed E-state index contributed by atoms with van der Waals surface area (Å²) in [5.41, 5.74) is 13.6. The second-order valence-corrected chi connectivity index (χ2v) is 17.6. The van der Waals surface area contributed by atoms with Crippen molar-refractivity contribution in [2.75, 3.05) is 46.0 Å². The van der Waals surface area contributed by atoms with Gasteiger partial charge in [0.05, 0.1) is 59.3 Å². The fraction of sp³-hybridized carbons (Fsp3) is 0.405. The van der Waals surface area contributed by atoms with Crippen LogP contribution in [0.15, 0.2) is 67.3 Å². The molecule has 0 spiro atoms. The number of nitrogens with zero attached hydrogens (tertiary/aromatic N) is 8. The van der Waals surface area contributed by atoms with Crippen LogP contribution in [-0.2, 0) is 32.5 Å². The molecule has 26 heteroatoms. The molecule has 0 radical (unpaired) electrons. The average molecular weight is 915 g/mol. The van der Waals surface area contributed by atoms with E-state index in [1.54, 1.807) is 43.0 Å². The van der Waals surface area contributed by atoms with Crippen LogP contribution in [0.2, 0.25) is 0 Å². The summed E-state index contributed by atoms with van der Waals surface area (Å²) >= 11 is 0. The molecule has 0 aliphatic heterocycles. The zero-order chi connectivity index (χ0) is 45.5. The second kappa shape index (κ2) is 20.0. The van der Waals surface area contributed by atoms with E-state index in [0.29, 0.717) is 46.8 Å². The van der Waals surface area contributed by atoms with Crippen LogP contribution in [0.3, 0.4) is 0 Å². The Labute approximate surface area is 360 Å². The number of nitrogen functional groups attached to an aromatic ring is 2. The van der Waals surface area contributed by atoms with Crippen LogP contribution in [-0.4, -0.2) is 108 Å². The van der Waals surface area contributed by atoms with Gasteiger partial charge in [-0.15, -0.1) is 0 Å². The third-order valence-electron chi connectivity index (χ3n) is 9.74. The van der Waals surface area contributed by atoms with Crippen molar-refractivity contribution < 1.29 is 56.5 Å². The van der Waals surface area contributed by atoms with Crippen molar-refractivity contribution >= 4 is 61.7 Å². The van der Waals surface area contributed by atoms with Crippen molar-refractivity contribution in [3.05, 3.63) is 67.3 Å². The summed E-state index contributed by atoms with van der Waals surface area (Å²) in [4.78, 5) is 57.6. The van der Waals surface area contributed by atoms with Gasteiger partial charge < -0.3 is 49.3 Å². The molecule has 0 amide bonds. The van der Waals surface area contributed by atoms with E-state index in [4.69, 9.17) is 44.4 Å². The number of nitrogens with two attached hydrogens (primary N) is 2. The maximum absolute atomic E-state index is 13.5. The van der Waals surface area contributed by atoms with Gasteiger partial charge in [0.25, 0.3) is 0 Å². The summed E-state index contributed by atoms with van der Waals surface area (Å²) in [6, 6.07) is 6.30. The van der Waals surface area contributed by atoms with E-state index >= 15 is 0 Å². The number of aliphatic carboxylic acids is 1. The van der Waals surface area contributed by atoms with E-state index in [9.17, 15) is 23.6 Å². The number of nitrogens with one attached hydrogen (secondary N) is 2. The summed E-state index contributed by atoms with van der Waals surface area (Å²) in [5, 5.41) is 13.5. The molecule has 1 aromatic carbocycles. The first kappa shape index (κ1) is 46.5. The number of carbonyl (C=O) groups excluding carboxylic acids is 1. The molecule has 4 aromatic heterocycles. The number of para-hydroxylation sites is 1. The standard InChI is InChI=1S/C22H27N6O6P.C15H21N6O6P/c1-14(21(29)32-3)27-35(30,34-17-7-5-4-6-8-17)33-12-15-9-10-16(11-15)28-13-24-18-19(28)25-22(23)26-20(18)31-2;1-8(14(22)23)20-28(24,25)27-6-9-3-4-10(5-9)21-7-17-11-12(21)18-15(16)19-13(11)26-2/h4-10,13-16H,11-12H2,1-3H3,(H,27,30)(H2,23,25,26);3-4,7-10H,5-6H2,1-2H3,(H,22,23)(H2,16,18,19)(H2,20,24,25)/t14-,15+,16-,35?;8-,9+,10-/m00/s1. The zero-order valence-electron chi connectivity index (χ0n) is 34.7. The molecule has 4 heterocycles. The molecule has 8 atom stereocenters. The number of carboxylic acid groups (broad SMARTS) is 1. The second-order valence-electron chi connectivity index (χ2n) is 14.3. The lowest BCUT2D eigenvalue weighted by atomic mass is 10.1. The quantitative estimate of drug-likeness (QED) is 0.0415. The SMILES string of the molecule is COC(=O)[C@H](C)NP(=O)(OC[C@@H]1C=C[C@H](n2cnc3c(OC)nc(N)nc32)C1)Oc1ccccc1.COc1nc(N)nc2c1ncn2[C@H]1C=C[C@@H](COP(=O)(O)N[C@@H](C)C(=O)O)C1. The summed E-state index contributed by atoms with van der Waals surface area (Å²) in [6.07, 6.45) is 12.2. The van der Waals surface area contributed by atoms with Crippen molar-refractivity contribution in [2.45, 2.75) is 50.9 Å². The summed E-state index contributed by atoms with van der Waals surface area (Å²) in [6.45, 7) is 2.82. The minimum absolute atomic E-state index is 0.0484. The van der Waals surface area contributed by atoms with Gasteiger partial charge in [-0.25, -0.2) is 24.2 Å². The average Bonchev–Trinajstić information content (AvgIpc) is 4.08. The highest BCUT2D eigenvalue weighted by molar-refractivity contribution is 7.52. The summed E-state index contributed by atoms with van der Waals surface area (Å²) in [5.74, 6) is -0.988. The molecule has 0 saturated heterocycles. The predicted octanol–water partition coefficient (Wildman–Crippen LogP) is 3.60. The van der Waals surface area contributed by atoms with Crippen molar-refractivity contribution in [1.82, 2.24) is 49.2 Å². The highest BCUT2D eigenvalue weighted by atomic mass is 31.2. The third kappa shape index (κ3) is 11.5. The van der Waals surface area contributed by atoms with Gasteiger partial charge in [-0.3, -0.25) is 18.6 Å². The number of anilines is 2. The molecular formula is C37H48N12O12P2. The van der Waals surface area contributed by atoms with Crippen LogP contribution in [0, 0.1) is 11.8 Å². The normalized spacial score (nSPS) is 20.9. The lowest BCUT2D eigenvalue weighted by Crippen LogP contribution is -2.34. The Balaban J connectivity index is 0.000000215. The van der Waals surface area contributed by atoms with E-state index in [-0.39, 0.29) is 54.9 Å². The smallest absolute Gasteiger partial charge is 0.459 e. The molecule has 7 rings (SSSR count). The molecule has 63 heavy (non-hydrogen) atoms. The Kier molecular flexibility index (Phi) is 14.8. The van der Waals surface area contributed by atoms with E-state index in [0.717, 1.165) is 0 Å². The number of benzene rings is 1. The number of carboxylic acids is 1. The van der Waals surface area contributed by atoms with E-state index in [1.165, 1.54) is 35.2 Å². The molecule has 5 aromatic rings. The number of aromatic nitrogens is 8.